The lowest BCUT2D eigenvalue weighted by Crippen LogP contribution is -2.56. The Kier molecular flexibility index (Phi) is 6.07. The summed E-state index contributed by atoms with van der Waals surface area (Å²) in [6.45, 7) is 2.45. The molecular weight excluding hydrogens is 486 g/mol. The van der Waals surface area contributed by atoms with Crippen molar-refractivity contribution >= 4 is 39.3 Å². The number of nitrogens with zero attached hydrogens (tertiary/aromatic N) is 1. The van der Waals surface area contributed by atoms with E-state index in [0.717, 1.165) is 36.6 Å². The third-order valence-corrected chi connectivity index (χ3v) is 7.98. The number of hydrogen-bond donors (Lipinski definition) is 2. The van der Waals surface area contributed by atoms with Crippen LogP contribution in [0.5, 0.6) is 0 Å². The average Bonchev–Trinajstić information content (AvgIpc) is 3.44. The van der Waals surface area contributed by atoms with Crippen LogP contribution in [0, 0.1) is 11.8 Å². The number of likely N-dealkylation sites (tertiary alicyclic amines) is 1. The first-order valence-electron chi connectivity index (χ1n) is 12.0. The molecule has 5 atom stereocenters. The maximum absolute atomic E-state index is 13.6. The van der Waals surface area contributed by atoms with Crippen LogP contribution in [0.15, 0.2) is 40.9 Å². The average molecular weight is 516 g/mol. The molecule has 8 heteroatoms. The van der Waals surface area contributed by atoms with Gasteiger partial charge in [-0.3, -0.25) is 14.4 Å². The van der Waals surface area contributed by atoms with Crippen molar-refractivity contribution < 1.29 is 19.1 Å². The van der Waals surface area contributed by atoms with Gasteiger partial charge in [0.25, 0.3) is 0 Å². The minimum absolute atomic E-state index is 0.138. The van der Waals surface area contributed by atoms with Crippen molar-refractivity contribution in [3.05, 3.63) is 40.9 Å². The molecule has 3 heterocycles. The zero-order valence-corrected chi connectivity index (χ0v) is 20.3. The van der Waals surface area contributed by atoms with Crippen LogP contribution in [0.2, 0.25) is 0 Å². The number of carbonyl (C=O) groups excluding carboxylic acids is 3. The molecule has 5 rings (SSSR count). The van der Waals surface area contributed by atoms with E-state index in [4.69, 9.17) is 4.74 Å². The van der Waals surface area contributed by atoms with E-state index in [1.54, 1.807) is 4.90 Å². The third-order valence-electron chi connectivity index (χ3n) is 7.45. The van der Waals surface area contributed by atoms with Crippen molar-refractivity contribution in [2.45, 2.75) is 69.2 Å². The summed E-state index contributed by atoms with van der Waals surface area (Å²) in [7, 11) is 0. The van der Waals surface area contributed by atoms with Crippen molar-refractivity contribution in [2.24, 2.45) is 11.8 Å². The number of anilines is 1. The Morgan fingerprint density at radius 1 is 1.15 bits per heavy atom. The molecule has 0 radical (unpaired) electrons. The van der Waals surface area contributed by atoms with E-state index < -0.39 is 29.6 Å². The largest absolute Gasteiger partial charge is 0.359 e. The summed E-state index contributed by atoms with van der Waals surface area (Å²) in [5, 5.41) is 6.13. The Balaban J connectivity index is 1.41. The molecule has 3 amide bonds. The smallest absolute Gasteiger partial charge is 0.246 e. The normalized spacial score (nSPS) is 32.8. The van der Waals surface area contributed by atoms with Crippen LogP contribution in [0.1, 0.15) is 45.4 Å². The van der Waals surface area contributed by atoms with Gasteiger partial charge in [-0.25, -0.2) is 0 Å². The highest BCUT2D eigenvalue weighted by molar-refractivity contribution is 9.10. The monoisotopic (exact) mass is 515 g/mol. The summed E-state index contributed by atoms with van der Waals surface area (Å²) < 4.78 is 7.26. The van der Waals surface area contributed by atoms with Gasteiger partial charge < -0.3 is 20.3 Å². The van der Waals surface area contributed by atoms with Crippen molar-refractivity contribution in [1.29, 1.82) is 0 Å². The van der Waals surface area contributed by atoms with Gasteiger partial charge in [0.05, 0.1) is 17.9 Å². The number of amides is 3. The summed E-state index contributed by atoms with van der Waals surface area (Å²) in [6.07, 6.45) is 9.28. The number of rotatable bonds is 6. The second-order valence-corrected chi connectivity index (χ2v) is 10.5. The number of carbonyl (C=O) groups is 3. The fourth-order valence-electron chi connectivity index (χ4n) is 6.03. The summed E-state index contributed by atoms with van der Waals surface area (Å²) in [5.41, 5.74) is -0.427. The van der Waals surface area contributed by atoms with Gasteiger partial charge in [0.1, 0.15) is 11.6 Å². The van der Waals surface area contributed by atoms with Crippen molar-refractivity contribution in [3.63, 3.8) is 0 Å². The lowest BCUT2D eigenvalue weighted by Gasteiger charge is -2.34. The highest BCUT2D eigenvalue weighted by atomic mass is 79.9. The van der Waals surface area contributed by atoms with Gasteiger partial charge in [0.2, 0.25) is 17.7 Å². The van der Waals surface area contributed by atoms with Crippen LogP contribution in [0.25, 0.3) is 0 Å². The molecule has 1 saturated carbocycles. The maximum atomic E-state index is 13.6. The summed E-state index contributed by atoms with van der Waals surface area (Å²) in [6, 6.07) is 6.71. The first-order valence-corrected chi connectivity index (χ1v) is 12.8. The lowest BCUT2D eigenvalue weighted by atomic mass is 9.74. The Hall–Kier alpha value is -2.19. The molecule has 176 valence electrons. The molecular formula is C25H30BrN3O4. The fraction of sp³-hybridized carbons (Fsp3) is 0.560. The van der Waals surface area contributed by atoms with E-state index in [0.29, 0.717) is 12.2 Å². The van der Waals surface area contributed by atoms with Gasteiger partial charge in [-0.15, -0.1) is 0 Å². The van der Waals surface area contributed by atoms with Gasteiger partial charge in [0.15, 0.2) is 0 Å². The van der Waals surface area contributed by atoms with Gasteiger partial charge in [0, 0.05) is 22.7 Å². The molecule has 2 bridgehead atoms. The zero-order chi connectivity index (χ0) is 23.2. The fourth-order valence-corrected chi connectivity index (χ4v) is 6.30. The number of fused-ring (bicyclic) bond motifs is 1. The summed E-state index contributed by atoms with van der Waals surface area (Å²) >= 11 is 3.40. The van der Waals surface area contributed by atoms with E-state index in [-0.39, 0.29) is 23.8 Å². The van der Waals surface area contributed by atoms with Crippen LogP contribution < -0.4 is 10.6 Å². The molecule has 1 aromatic rings. The first kappa shape index (κ1) is 22.6. The van der Waals surface area contributed by atoms with Crippen molar-refractivity contribution in [3.8, 4) is 0 Å². The second-order valence-electron chi connectivity index (χ2n) is 9.57. The van der Waals surface area contributed by atoms with Gasteiger partial charge in [-0.1, -0.05) is 54.3 Å². The number of hydrogen-bond acceptors (Lipinski definition) is 4. The third kappa shape index (κ3) is 3.81. The number of halogens is 1. The molecule has 1 aliphatic carbocycles. The quantitative estimate of drug-likeness (QED) is 0.568. The van der Waals surface area contributed by atoms with Crippen LogP contribution >= 0.6 is 15.9 Å². The van der Waals surface area contributed by atoms with Crippen LogP contribution in [-0.4, -0.2) is 53.0 Å². The highest BCUT2D eigenvalue weighted by Gasteiger charge is 2.72. The summed E-state index contributed by atoms with van der Waals surface area (Å²) in [4.78, 5) is 42.1. The minimum atomic E-state index is -1.09. The molecule has 7 nitrogen and oxygen atoms in total. The second kappa shape index (κ2) is 8.87. The van der Waals surface area contributed by atoms with E-state index >= 15 is 0 Å². The molecule has 3 fully saturated rings. The predicted octanol–water partition coefficient (Wildman–Crippen LogP) is 3.40. The molecule has 4 aliphatic rings. The molecule has 33 heavy (non-hydrogen) atoms. The van der Waals surface area contributed by atoms with E-state index in [1.165, 1.54) is 6.42 Å². The van der Waals surface area contributed by atoms with Crippen LogP contribution in [0.3, 0.4) is 0 Å². The number of nitrogens with one attached hydrogen (secondary N) is 2. The first-order chi connectivity index (χ1) is 15.9. The highest BCUT2D eigenvalue weighted by Crippen LogP contribution is 2.55. The summed E-state index contributed by atoms with van der Waals surface area (Å²) in [5.74, 6) is -1.94. The lowest BCUT2D eigenvalue weighted by molar-refractivity contribution is -0.141. The Labute approximate surface area is 202 Å². The molecule has 2 N–H and O–H groups in total. The zero-order valence-electron chi connectivity index (χ0n) is 18.8. The minimum Gasteiger partial charge on any atom is -0.359 e. The van der Waals surface area contributed by atoms with E-state index in [9.17, 15) is 14.4 Å². The SMILES string of the molecule is CCCN1C(=O)[C@H]2[C@@H](C(=O)Nc3ccc(Br)cc3)[C@H]3C=C[C@@]2(O3)[C@H]1C(=O)NC1CCCCC1. The van der Waals surface area contributed by atoms with Crippen LogP contribution in [0.4, 0.5) is 5.69 Å². The molecule has 1 aromatic carbocycles. The van der Waals surface area contributed by atoms with Crippen LogP contribution in [-0.2, 0) is 19.1 Å². The molecule has 3 aliphatic heterocycles. The Morgan fingerprint density at radius 3 is 2.58 bits per heavy atom. The molecule has 0 unspecified atom stereocenters. The molecule has 1 spiro atoms. The van der Waals surface area contributed by atoms with E-state index in [2.05, 4.69) is 26.6 Å². The number of ether oxygens (including phenoxy) is 1. The molecule has 2 saturated heterocycles. The van der Waals surface area contributed by atoms with Gasteiger partial charge in [-0.05, 0) is 43.5 Å². The predicted molar refractivity (Wildman–Crippen MR) is 127 cm³/mol. The van der Waals surface area contributed by atoms with Gasteiger partial charge >= 0.3 is 0 Å². The Morgan fingerprint density at radius 2 is 1.88 bits per heavy atom. The van der Waals surface area contributed by atoms with E-state index in [1.807, 2.05) is 43.3 Å². The van der Waals surface area contributed by atoms with Crippen molar-refractivity contribution in [1.82, 2.24) is 10.2 Å². The van der Waals surface area contributed by atoms with Crippen molar-refractivity contribution in [2.75, 3.05) is 11.9 Å². The Bertz CT molecular complexity index is 974. The number of benzene rings is 1. The topological polar surface area (TPSA) is 87.7 Å². The standard InChI is InChI=1S/C25H30BrN3O4/c1-2-14-29-21(23(31)28-16-6-4-3-5-7-16)25-13-12-18(33-25)19(20(25)24(29)32)22(30)27-17-10-8-15(26)9-11-17/h8-13,16,18-21H,2-7,14H2,1H3,(H,27,30)(H,28,31)/t18-,19+,20-,21-,25+/m1/s1. The molecule has 0 aromatic heterocycles. The van der Waals surface area contributed by atoms with Gasteiger partial charge in [-0.2, -0.15) is 0 Å². The maximum Gasteiger partial charge on any atom is 0.246 e.